The zero-order valence-corrected chi connectivity index (χ0v) is 9.77. The van der Waals surface area contributed by atoms with E-state index < -0.39 is 0 Å². The third-order valence-corrected chi connectivity index (χ3v) is 2.59. The molecule has 1 aromatic carbocycles. The maximum absolute atomic E-state index is 13.3. The lowest BCUT2D eigenvalue weighted by molar-refractivity contribution is 0.128. The SMILES string of the molecule is COC(C)CNc1c(F)cccc1Br. The van der Waals surface area contributed by atoms with Gasteiger partial charge in [-0.15, -0.1) is 0 Å². The Morgan fingerprint density at radius 1 is 1.57 bits per heavy atom. The summed E-state index contributed by atoms with van der Waals surface area (Å²) in [6, 6.07) is 4.87. The van der Waals surface area contributed by atoms with Crippen molar-refractivity contribution in [2.75, 3.05) is 19.0 Å². The van der Waals surface area contributed by atoms with Crippen LogP contribution in [0.2, 0.25) is 0 Å². The first kappa shape index (κ1) is 11.5. The van der Waals surface area contributed by atoms with E-state index in [-0.39, 0.29) is 11.9 Å². The van der Waals surface area contributed by atoms with Crippen LogP contribution in [0, 0.1) is 5.82 Å². The summed E-state index contributed by atoms with van der Waals surface area (Å²) in [5.41, 5.74) is 0.483. The fourth-order valence-electron chi connectivity index (χ4n) is 0.996. The predicted molar refractivity (Wildman–Crippen MR) is 59.1 cm³/mol. The van der Waals surface area contributed by atoms with Crippen molar-refractivity contribution in [3.05, 3.63) is 28.5 Å². The Morgan fingerprint density at radius 2 is 2.29 bits per heavy atom. The smallest absolute Gasteiger partial charge is 0.147 e. The number of rotatable bonds is 4. The molecular formula is C10H13BrFNO. The van der Waals surface area contributed by atoms with E-state index >= 15 is 0 Å². The van der Waals surface area contributed by atoms with Crippen molar-refractivity contribution in [1.82, 2.24) is 0 Å². The second-order valence-corrected chi connectivity index (χ2v) is 3.88. The van der Waals surface area contributed by atoms with E-state index in [0.717, 1.165) is 4.47 Å². The van der Waals surface area contributed by atoms with Gasteiger partial charge in [0.25, 0.3) is 0 Å². The zero-order chi connectivity index (χ0) is 10.6. The summed E-state index contributed by atoms with van der Waals surface area (Å²) in [4.78, 5) is 0. The quantitative estimate of drug-likeness (QED) is 0.900. The highest BCUT2D eigenvalue weighted by atomic mass is 79.9. The van der Waals surface area contributed by atoms with E-state index in [0.29, 0.717) is 12.2 Å². The molecule has 0 saturated carbocycles. The molecule has 0 aliphatic carbocycles. The molecule has 4 heteroatoms. The molecule has 2 nitrogen and oxygen atoms in total. The largest absolute Gasteiger partial charge is 0.380 e. The van der Waals surface area contributed by atoms with E-state index in [2.05, 4.69) is 21.2 Å². The number of ether oxygens (including phenoxy) is 1. The number of halogens is 2. The Hall–Kier alpha value is -0.610. The maximum atomic E-state index is 13.3. The van der Waals surface area contributed by atoms with Crippen LogP contribution in [0.25, 0.3) is 0 Å². The van der Waals surface area contributed by atoms with Gasteiger partial charge < -0.3 is 10.1 Å². The van der Waals surface area contributed by atoms with Crippen LogP contribution in [0.15, 0.2) is 22.7 Å². The Labute approximate surface area is 91.6 Å². The number of nitrogens with one attached hydrogen (secondary N) is 1. The van der Waals surface area contributed by atoms with Gasteiger partial charge in [-0.2, -0.15) is 0 Å². The monoisotopic (exact) mass is 261 g/mol. The molecule has 0 aromatic heterocycles. The topological polar surface area (TPSA) is 21.3 Å². The van der Waals surface area contributed by atoms with E-state index in [9.17, 15) is 4.39 Å². The van der Waals surface area contributed by atoms with Gasteiger partial charge in [-0.25, -0.2) is 4.39 Å². The van der Waals surface area contributed by atoms with Crippen molar-refractivity contribution in [1.29, 1.82) is 0 Å². The summed E-state index contributed by atoms with van der Waals surface area (Å²) in [5.74, 6) is -0.261. The number of benzene rings is 1. The minimum atomic E-state index is -0.261. The first-order chi connectivity index (χ1) is 6.65. The Kier molecular flexibility index (Phi) is 4.35. The summed E-state index contributed by atoms with van der Waals surface area (Å²) < 4.78 is 19.0. The van der Waals surface area contributed by atoms with E-state index in [1.807, 2.05) is 6.92 Å². The Bertz CT molecular complexity index is 286. The standard InChI is InChI=1S/C10H13BrFNO/c1-7(14-2)6-13-10-8(11)4-3-5-9(10)12/h3-5,7,13H,6H2,1-2H3. The molecule has 0 heterocycles. The molecule has 1 atom stereocenters. The summed E-state index contributed by atoms with van der Waals surface area (Å²) in [7, 11) is 1.63. The first-order valence-corrected chi connectivity index (χ1v) is 5.15. The molecule has 1 aromatic rings. The minimum absolute atomic E-state index is 0.0570. The van der Waals surface area contributed by atoms with Crippen molar-refractivity contribution < 1.29 is 9.13 Å². The zero-order valence-electron chi connectivity index (χ0n) is 8.18. The number of methoxy groups -OCH3 is 1. The molecule has 0 aliphatic rings. The molecule has 0 amide bonds. The predicted octanol–water partition coefficient (Wildman–Crippen LogP) is 3.04. The van der Waals surface area contributed by atoms with E-state index in [4.69, 9.17) is 4.74 Å². The maximum Gasteiger partial charge on any atom is 0.147 e. The van der Waals surface area contributed by atoms with Gasteiger partial charge in [-0.1, -0.05) is 6.07 Å². The van der Waals surface area contributed by atoms with Gasteiger partial charge in [0.15, 0.2) is 0 Å². The summed E-state index contributed by atoms with van der Waals surface area (Å²) >= 11 is 3.28. The molecular weight excluding hydrogens is 249 g/mol. The van der Waals surface area contributed by atoms with Crippen molar-refractivity contribution >= 4 is 21.6 Å². The van der Waals surface area contributed by atoms with Gasteiger partial charge in [-0.3, -0.25) is 0 Å². The van der Waals surface area contributed by atoms with Crippen LogP contribution in [-0.2, 0) is 4.74 Å². The van der Waals surface area contributed by atoms with Gasteiger partial charge in [-0.05, 0) is 35.0 Å². The lowest BCUT2D eigenvalue weighted by Gasteiger charge is -2.13. The molecule has 14 heavy (non-hydrogen) atoms. The summed E-state index contributed by atoms with van der Waals surface area (Å²) in [6.45, 7) is 2.50. The molecule has 1 N–H and O–H groups in total. The van der Waals surface area contributed by atoms with Crippen molar-refractivity contribution in [2.45, 2.75) is 13.0 Å². The van der Waals surface area contributed by atoms with Gasteiger partial charge in [0.1, 0.15) is 5.82 Å². The van der Waals surface area contributed by atoms with Gasteiger partial charge in [0, 0.05) is 18.1 Å². The first-order valence-electron chi connectivity index (χ1n) is 4.36. The molecule has 1 rings (SSSR count). The number of hydrogen-bond acceptors (Lipinski definition) is 2. The summed E-state index contributed by atoms with van der Waals surface area (Å²) in [5, 5.41) is 2.99. The lowest BCUT2D eigenvalue weighted by Crippen LogP contribution is -2.18. The van der Waals surface area contributed by atoms with Crippen molar-refractivity contribution in [3.8, 4) is 0 Å². The molecule has 0 fully saturated rings. The van der Waals surface area contributed by atoms with Crippen molar-refractivity contribution in [3.63, 3.8) is 0 Å². The molecule has 0 saturated heterocycles. The number of hydrogen-bond donors (Lipinski definition) is 1. The van der Waals surface area contributed by atoms with Crippen LogP contribution < -0.4 is 5.32 Å². The van der Waals surface area contributed by atoms with Crippen LogP contribution in [-0.4, -0.2) is 19.8 Å². The average molecular weight is 262 g/mol. The molecule has 0 bridgehead atoms. The highest BCUT2D eigenvalue weighted by molar-refractivity contribution is 9.10. The second-order valence-electron chi connectivity index (χ2n) is 3.02. The normalized spacial score (nSPS) is 12.6. The van der Waals surface area contributed by atoms with Crippen molar-refractivity contribution in [2.24, 2.45) is 0 Å². The Morgan fingerprint density at radius 3 is 2.86 bits per heavy atom. The lowest BCUT2D eigenvalue weighted by atomic mass is 10.3. The minimum Gasteiger partial charge on any atom is -0.380 e. The fourth-order valence-corrected chi connectivity index (χ4v) is 1.48. The molecule has 0 radical (unpaired) electrons. The van der Waals surface area contributed by atoms with Crippen LogP contribution >= 0.6 is 15.9 Å². The molecule has 78 valence electrons. The average Bonchev–Trinajstić information content (AvgIpc) is 2.16. The molecule has 0 aliphatic heterocycles. The second kappa shape index (κ2) is 5.32. The summed E-state index contributed by atoms with van der Waals surface area (Å²) in [6.07, 6.45) is 0.0570. The van der Waals surface area contributed by atoms with Crippen LogP contribution in [0.3, 0.4) is 0 Å². The van der Waals surface area contributed by atoms with Crippen LogP contribution in [0.5, 0.6) is 0 Å². The number of para-hydroxylation sites is 1. The molecule has 1 unspecified atom stereocenters. The van der Waals surface area contributed by atoms with Gasteiger partial charge in [0.05, 0.1) is 11.8 Å². The van der Waals surface area contributed by atoms with Gasteiger partial charge >= 0.3 is 0 Å². The van der Waals surface area contributed by atoms with E-state index in [1.54, 1.807) is 19.2 Å². The number of anilines is 1. The van der Waals surface area contributed by atoms with Crippen LogP contribution in [0.4, 0.5) is 10.1 Å². The van der Waals surface area contributed by atoms with Gasteiger partial charge in [0.2, 0.25) is 0 Å². The third-order valence-electron chi connectivity index (χ3n) is 1.93. The Balaban J connectivity index is 2.66. The molecule has 0 spiro atoms. The highest BCUT2D eigenvalue weighted by Gasteiger charge is 2.06. The highest BCUT2D eigenvalue weighted by Crippen LogP contribution is 2.24. The van der Waals surface area contributed by atoms with E-state index in [1.165, 1.54) is 6.07 Å². The fraction of sp³-hybridized carbons (Fsp3) is 0.400. The van der Waals surface area contributed by atoms with Crippen LogP contribution in [0.1, 0.15) is 6.92 Å². The third kappa shape index (κ3) is 2.96.